The van der Waals surface area contributed by atoms with Crippen LogP contribution in [-0.2, 0) is 9.53 Å². The van der Waals surface area contributed by atoms with Crippen LogP contribution in [0.25, 0.3) is 0 Å². The maximum Gasteiger partial charge on any atom is 0.249 e. The SMILES string of the molecule is CC(OC1CCC(N)CC1)C(=O)NC1CCCC1. The van der Waals surface area contributed by atoms with E-state index in [1.165, 1.54) is 12.8 Å². The predicted molar refractivity (Wildman–Crippen MR) is 71.2 cm³/mol. The smallest absolute Gasteiger partial charge is 0.249 e. The minimum Gasteiger partial charge on any atom is -0.365 e. The molecule has 2 saturated carbocycles. The minimum atomic E-state index is -0.329. The van der Waals surface area contributed by atoms with E-state index in [1.807, 2.05) is 6.92 Å². The molecule has 0 spiro atoms. The van der Waals surface area contributed by atoms with Gasteiger partial charge in [0.1, 0.15) is 6.10 Å². The zero-order valence-electron chi connectivity index (χ0n) is 11.4. The van der Waals surface area contributed by atoms with Crippen molar-refractivity contribution in [3.63, 3.8) is 0 Å². The van der Waals surface area contributed by atoms with Gasteiger partial charge >= 0.3 is 0 Å². The standard InChI is InChI=1S/C14H26N2O2/c1-10(14(17)16-12-4-2-3-5-12)18-13-8-6-11(15)7-9-13/h10-13H,2-9,15H2,1H3,(H,16,17). The van der Waals surface area contributed by atoms with Crippen LogP contribution < -0.4 is 11.1 Å². The van der Waals surface area contributed by atoms with Gasteiger partial charge < -0.3 is 15.8 Å². The highest BCUT2D eigenvalue weighted by atomic mass is 16.5. The molecule has 2 aliphatic carbocycles. The zero-order valence-corrected chi connectivity index (χ0v) is 11.4. The van der Waals surface area contributed by atoms with E-state index >= 15 is 0 Å². The molecular formula is C14H26N2O2. The second-order valence-corrected chi connectivity index (χ2v) is 5.81. The first-order valence-corrected chi connectivity index (χ1v) is 7.36. The van der Waals surface area contributed by atoms with Crippen molar-refractivity contribution < 1.29 is 9.53 Å². The summed E-state index contributed by atoms with van der Waals surface area (Å²) in [6.07, 6.45) is 8.61. The Bertz CT molecular complexity index is 269. The number of carbonyl (C=O) groups is 1. The number of hydrogen-bond donors (Lipinski definition) is 2. The maximum atomic E-state index is 12.0. The fourth-order valence-electron chi connectivity index (χ4n) is 2.96. The molecule has 3 N–H and O–H groups in total. The molecule has 1 atom stereocenters. The molecule has 0 aliphatic heterocycles. The average Bonchev–Trinajstić information content (AvgIpc) is 2.85. The lowest BCUT2D eigenvalue weighted by Gasteiger charge is -2.28. The summed E-state index contributed by atoms with van der Waals surface area (Å²) in [5.41, 5.74) is 5.86. The van der Waals surface area contributed by atoms with E-state index in [-0.39, 0.29) is 18.1 Å². The van der Waals surface area contributed by atoms with Gasteiger partial charge in [-0.05, 0) is 45.4 Å². The van der Waals surface area contributed by atoms with Gasteiger partial charge in [-0.25, -0.2) is 0 Å². The molecule has 1 amide bonds. The van der Waals surface area contributed by atoms with Gasteiger partial charge in [0.25, 0.3) is 0 Å². The van der Waals surface area contributed by atoms with Crippen LogP contribution in [0.2, 0.25) is 0 Å². The van der Waals surface area contributed by atoms with Gasteiger partial charge in [0, 0.05) is 12.1 Å². The molecule has 4 nitrogen and oxygen atoms in total. The Labute approximate surface area is 110 Å². The Balaban J connectivity index is 1.69. The molecule has 0 radical (unpaired) electrons. The topological polar surface area (TPSA) is 64.3 Å². The molecule has 0 aromatic heterocycles. The fourth-order valence-corrected chi connectivity index (χ4v) is 2.96. The molecule has 104 valence electrons. The molecular weight excluding hydrogens is 228 g/mol. The number of nitrogens with two attached hydrogens (primary N) is 1. The summed E-state index contributed by atoms with van der Waals surface area (Å²) in [5.74, 6) is 0.0526. The molecule has 2 fully saturated rings. The summed E-state index contributed by atoms with van der Waals surface area (Å²) in [6, 6.07) is 0.704. The van der Waals surface area contributed by atoms with E-state index in [2.05, 4.69) is 5.32 Å². The minimum absolute atomic E-state index is 0.0526. The Morgan fingerprint density at radius 3 is 2.39 bits per heavy atom. The third kappa shape index (κ3) is 3.95. The van der Waals surface area contributed by atoms with Gasteiger partial charge in [-0.1, -0.05) is 12.8 Å². The Morgan fingerprint density at radius 1 is 1.17 bits per heavy atom. The molecule has 0 saturated heterocycles. The summed E-state index contributed by atoms with van der Waals surface area (Å²) in [6.45, 7) is 1.86. The first kappa shape index (κ1) is 13.8. The van der Waals surface area contributed by atoms with Crippen molar-refractivity contribution in [3.05, 3.63) is 0 Å². The van der Waals surface area contributed by atoms with Gasteiger partial charge in [0.15, 0.2) is 0 Å². The lowest BCUT2D eigenvalue weighted by Crippen LogP contribution is -2.42. The first-order chi connectivity index (χ1) is 8.65. The molecule has 2 rings (SSSR count). The molecule has 2 aliphatic rings. The van der Waals surface area contributed by atoms with E-state index in [9.17, 15) is 4.79 Å². The highest BCUT2D eigenvalue weighted by molar-refractivity contribution is 5.80. The second kappa shape index (κ2) is 6.53. The molecule has 4 heteroatoms. The second-order valence-electron chi connectivity index (χ2n) is 5.81. The fraction of sp³-hybridized carbons (Fsp3) is 0.929. The predicted octanol–water partition coefficient (Wildman–Crippen LogP) is 1.72. The van der Waals surface area contributed by atoms with Gasteiger partial charge in [-0.15, -0.1) is 0 Å². The van der Waals surface area contributed by atoms with Crippen LogP contribution in [0.15, 0.2) is 0 Å². The van der Waals surface area contributed by atoms with Crippen molar-refractivity contribution in [2.45, 2.75) is 82.6 Å². The van der Waals surface area contributed by atoms with Crippen LogP contribution in [0, 0.1) is 0 Å². The monoisotopic (exact) mass is 254 g/mol. The highest BCUT2D eigenvalue weighted by Gasteiger charge is 2.25. The molecule has 0 aromatic carbocycles. The Kier molecular flexibility index (Phi) is 5.01. The Hall–Kier alpha value is -0.610. The third-order valence-corrected chi connectivity index (χ3v) is 4.19. The number of rotatable bonds is 4. The maximum absolute atomic E-state index is 12.0. The lowest BCUT2D eigenvalue weighted by molar-refractivity contribution is -0.137. The first-order valence-electron chi connectivity index (χ1n) is 7.36. The van der Waals surface area contributed by atoms with Crippen molar-refractivity contribution in [2.24, 2.45) is 5.73 Å². The number of hydrogen-bond acceptors (Lipinski definition) is 3. The molecule has 0 heterocycles. The van der Waals surface area contributed by atoms with Crippen molar-refractivity contribution >= 4 is 5.91 Å². The van der Waals surface area contributed by atoms with Crippen LogP contribution in [0.1, 0.15) is 58.3 Å². The van der Waals surface area contributed by atoms with Gasteiger partial charge in [-0.2, -0.15) is 0 Å². The van der Waals surface area contributed by atoms with Crippen LogP contribution >= 0.6 is 0 Å². The number of carbonyl (C=O) groups excluding carboxylic acids is 1. The number of nitrogens with one attached hydrogen (secondary N) is 1. The normalized spacial score (nSPS) is 31.2. The van der Waals surface area contributed by atoms with Crippen LogP contribution in [-0.4, -0.2) is 30.2 Å². The molecule has 0 bridgehead atoms. The van der Waals surface area contributed by atoms with Crippen LogP contribution in [0.4, 0.5) is 0 Å². The van der Waals surface area contributed by atoms with Gasteiger partial charge in [0.2, 0.25) is 5.91 Å². The van der Waals surface area contributed by atoms with E-state index in [0.717, 1.165) is 38.5 Å². The Morgan fingerprint density at radius 2 is 1.78 bits per heavy atom. The van der Waals surface area contributed by atoms with E-state index in [4.69, 9.17) is 10.5 Å². The highest BCUT2D eigenvalue weighted by Crippen LogP contribution is 2.22. The summed E-state index contributed by atoms with van der Waals surface area (Å²) in [4.78, 5) is 12.0. The van der Waals surface area contributed by atoms with E-state index < -0.39 is 0 Å². The molecule has 1 unspecified atom stereocenters. The third-order valence-electron chi connectivity index (χ3n) is 4.19. The van der Waals surface area contributed by atoms with Crippen molar-refractivity contribution in [3.8, 4) is 0 Å². The summed E-state index contributed by atoms with van der Waals surface area (Å²) >= 11 is 0. The van der Waals surface area contributed by atoms with E-state index in [0.29, 0.717) is 12.1 Å². The molecule has 0 aromatic rings. The zero-order chi connectivity index (χ0) is 13.0. The number of amides is 1. The van der Waals surface area contributed by atoms with Crippen molar-refractivity contribution in [1.82, 2.24) is 5.32 Å². The quantitative estimate of drug-likeness (QED) is 0.803. The summed E-state index contributed by atoms with van der Waals surface area (Å²) < 4.78 is 5.84. The van der Waals surface area contributed by atoms with Crippen molar-refractivity contribution in [1.29, 1.82) is 0 Å². The number of ether oxygens (including phenoxy) is 1. The summed E-state index contributed by atoms with van der Waals surface area (Å²) in [7, 11) is 0. The lowest BCUT2D eigenvalue weighted by atomic mass is 9.93. The van der Waals surface area contributed by atoms with E-state index in [1.54, 1.807) is 0 Å². The largest absolute Gasteiger partial charge is 0.365 e. The summed E-state index contributed by atoms with van der Waals surface area (Å²) in [5, 5.41) is 3.09. The van der Waals surface area contributed by atoms with Gasteiger partial charge in [-0.3, -0.25) is 4.79 Å². The average molecular weight is 254 g/mol. The van der Waals surface area contributed by atoms with Crippen LogP contribution in [0.3, 0.4) is 0 Å². The molecule has 18 heavy (non-hydrogen) atoms. The van der Waals surface area contributed by atoms with Gasteiger partial charge in [0.05, 0.1) is 6.10 Å². The van der Waals surface area contributed by atoms with Crippen molar-refractivity contribution in [2.75, 3.05) is 0 Å². The van der Waals surface area contributed by atoms with Crippen LogP contribution in [0.5, 0.6) is 0 Å².